The lowest BCUT2D eigenvalue weighted by Crippen LogP contribution is -2.33. The molecule has 4 aromatic rings. The molecule has 2 aliphatic rings. The van der Waals surface area contributed by atoms with Crippen LogP contribution in [0.15, 0.2) is 87.1 Å². The third kappa shape index (κ3) is 5.03. The summed E-state index contributed by atoms with van der Waals surface area (Å²) in [7, 11) is 3.10. The number of hydrogen-bond acceptors (Lipinski definition) is 8. The molecule has 0 spiro atoms. The van der Waals surface area contributed by atoms with Crippen LogP contribution >= 0.6 is 39.0 Å². The molecule has 3 amide bonds. The largest absolute Gasteiger partial charge is 0.497 e. The molecule has 1 saturated heterocycles. The highest BCUT2D eigenvalue weighted by Crippen LogP contribution is 2.54. The smallest absolute Gasteiger partial charge is 0.308 e. The molecule has 0 bridgehead atoms. The van der Waals surface area contributed by atoms with Crippen molar-refractivity contribution in [3.63, 3.8) is 0 Å². The van der Waals surface area contributed by atoms with Crippen molar-refractivity contribution in [3.8, 4) is 11.5 Å². The minimum Gasteiger partial charge on any atom is -0.497 e. The van der Waals surface area contributed by atoms with E-state index in [-0.39, 0.29) is 29.1 Å². The van der Waals surface area contributed by atoms with Gasteiger partial charge in [-0.1, -0.05) is 51.2 Å². The molecule has 9 nitrogen and oxygen atoms in total. The molecule has 0 aliphatic carbocycles. The molecule has 12 heteroatoms. The van der Waals surface area contributed by atoms with Crippen LogP contribution in [-0.4, -0.2) is 41.8 Å². The minimum absolute atomic E-state index is 0.238. The number of anilines is 2. The standard InChI is InChI=1S/C30H24BrN3O6S2/c1-39-20-11-7-18(8-12-20)32-22(35)15-33-29-26(42-30(33)38)23(16-3-5-17(31)6-4-16)24-25(41-29)28(37)34(27(24)36)19-9-13-21(40-2)14-10-19/h3-14,23-25H,15H2,1-2H3,(H,32,35)/t23-,24-,25+/m0/s1. The topological polar surface area (TPSA) is 107 Å². The van der Waals surface area contributed by atoms with Crippen molar-refractivity contribution in [1.29, 1.82) is 0 Å². The first-order valence-electron chi connectivity index (χ1n) is 12.9. The normalized spacial score (nSPS) is 19.3. The van der Waals surface area contributed by atoms with Crippen molar-refractivity contribution in [2.75, 3.05) is 24.4 Å². The molecule has 0 saturated carbocycles. The van der Waals surface area contributed by atoms with E-state index in [2.05, 4.69) is 21.2 Å². The van der Waals surface area contributed by atoms with Crippen LogP contribution in [-0.2, 0) is 20.9 Å². The van der Waals surface area contributed by atoms with Crippen molar-refractivity contribution >= 4 is 68.1 Å². The first-order chi connectivity index (χ1) is 20.3. The first kappa shape index (κ1) is 28.3. The maximum atomic E-state index is 14.0. The summed E-state index contributed by atoms with van der Waals surface area (Å²) in [6.45, 7) is -0.238. The summed E-state index contributed by atoms with van der Waals surface area (Å²) in [4.78, 5) is 55.8. The summed E-state index contributed by atoms with van der Waals surface area (Å²) in [5.41, 5.74) is 1.82. The van der Waals surface area contributed by atoms with E-state index < -0.39 is 17.1 Å². The average Bonchev–Trinajstić information content (AvgIpc) is 3.44. The van der Waals surface area contributed by atoms with Crippen molar-refractivity contribution in [2.24, 2.45) is 5.92 Å². The molecule has 42 heavy (non-hydrogen) atoms. The second kappa shape index (κ2) is 11.4. The Morgan fingerprint density at radius 3 is 2.12 bits per heavy atom. The van der Waals surface area contributed by atoms with E-state index in [0.29, 0.717) is 32.8 Å². The van der Waals surface area contributed by atoms with Crippen LogP contribution < -0.4 is 24.6 Å². The van der Waals surface area contributed by atoms with Crippen molar-refractivity contribution in [2.45, 2.75) is 22.7 Å². The fourth-order valence-corrected chi connectivity index (χ4v) is 8.33. The van der Waals surface area contributed by atoms with Gasteiger partial charge in [0.2, 0.25) is 17.7 Å². The number of thiazole rings is 1. The van der Waals surface area contributed by atoms with Gasteiger partial charge in [0.25, 0.3) is 0 Å². The maximum absolute atomic E-state index is 14.0. The fourth-order valence-electron chi connectivity index (χ4n) is 5.29. The number of methoxy groups -OCH3 is 2. The van der Waals surface area contributed by atoms with Gasteiger partial charge in [0.15, 0.2) is 0 Å². The van der Waals surface area contributed by atoms with Gasteiger partial charge >= 0.3 is 4.87 Å². The number of thioether (sulfide) groups is 1. The lowest BCUT2D eigenvalue weighted by Gasteiger charge is -2.30. The van der Waals surface area contributed by atoms with E-state index in [9.17, 15) is 19.2 Å². The quantitative estimate of drug-likeness (QED) is 0.273. The van der Waals surface area contributed by atoms with E-state index in [0.717, 1.165) is 21.4 Å². The summed E-state index contributed by atoms with van der Waals surface area (Å²) in [6, 6.07) is 21.2. The van der Waals surface area contributed by atoms with Crippen LogP contribution in [0.2, 0.25) is 0 Å². The lowest BCUT2D eigenvalue weighted by atomic mass is 9.83. The fraction of sp³-hybridized carbons (Fsp3) is 0.200. The zero-order valence-electron chi connectivity index (χ0n) is 22.4. The van der Waals surface area contributed by atoms with Gasteiger partial charge in [0.05, 0.1) is 30.9 Å². The highest BCUT2D eigenvalue weighted by molar-refractivity contribution is 9.10. The molecule has 3 atom stereocenters. The van der Waals surface area contributed by atoms with Crippen molar-refractivity contribution in [3.05, 3.63) is 97.4 Å². The van der Waals surface area contributed by atoms with Gasteiger partial charge in [-0.15, -0.1) is 0 Å². The van der Waals surface area contributed by atoms with Gasteiger partial charge in [-0.25, -0.2) is 4.90 Å². The summed E-state index contributed by atoms with van der Waals surface area (Å²) in [6.07, 6.45) is 0. The number of carbonyl (C=O) groups excluding carboxylic acids is 3. The van der Waals surface area contributed by atoms with Crippen molar-refractivity contribution in [1.82, 2.24) is 4.57 Å². The number of nitrogens with zero attached hydrogens (tertiary/aromatic N) is 2. The highest BCUT2D eigenvalue weighted by Gasteiger charge is 2.56. The van der Waals surface area contributed by atoms with Gasteiger partial charge < -0.3 is 14.8 Å². The lowest BCUT2D eigenvalue weighted by molar-refractivity contribution is -0.122. The number of nitrogens with one attached hydrogen (secondary N) is 1. The van der Waals surface area contributed by atoms with Gasteiger partial charge in [0.1, 0.15) is 23.3 Å². The number of aromatic nitrogens is 1. The highest BCUT2D eigenvalue weighted by atomic mass is 79.9. The molecule has 1 N–H and O–H groups in total. The second-order valence-corrected chi connectivity index (χ2v) is 12.7. The predicted octanol–water partition coefficient (Wildman–Crippen LogP) is 5.12. The molecule has 3 aromatic carbocycles. The number of amides is 3. The van der Waals surface area contributed by atoms with Crippen LogP contribution in [0.5, 0.6) is 11.5 Å². The van der Waals surface area contributed by atoms with Gasteiger partial charge in [0, 0.05) is 21.0 Å². The monoisotopic (exact) mass is 665 g/mol. The first-order valence-corrected chi connectivity index (χ1v) is 15.4. The number of imide groups is 1. The van der Waals surface area contributed by atoms with Gasteiger partial charge in [-0.2, -0.15) is 0 Å². The number of hydrogen-bond donors (Lipinski definition) is 1. The Kier molecular flexibility index (Phi) is 7.69. The summed E-state index contributed by atoms with van der Waals surface area (Å²) >= 11 is 5.65. The Labute approximate surface area is 257 Å². The summed E-state index contributed by atoms with van der Waals surface area (Å²) < 4.78 is 12.7. The molecule has 6 rings (SSSR count). The molecule has 0 radical (unpaired) electrons. The van der Waals surface area contributed by atoms with Crippen LogP contribution in [0, 0.1) is 5.92 Å². The Balaban J connectivity index is 1.37. The SMILES string of the molecule is COc1ccc(NC(=O)Cn2c3c(sc2=O)[C@@H](c2ccc(Br)cc2)[C@@H]2C(=O)N(c4ccc(OC)cc4)C(=O)[C@@H]2S3)cc1. The number of carbonyl (C=O) groups is 3. The molecular formula is C30H24BrN3O6S2. The third-order valence-corrected chi connectivity index (χ3v) is 10.4. The number of halogens is 1. The van der Waals surface area contributed by atoms with Crippen LogP contribution in [0.25, 0.3) is 0 Å². The Hall–Kier alpha value is -3.87. The zero-order chi connectivity index (χ0) is 29.5. The zero-order valence-corrected chi connectivity index (χ0v) is 25.6. The van der Waals surface area contributed by atoms with Gasteiger partial charge in [-0.3, -0.25) is 23.7 Å². The number of fused-ring (bicyclic) bond motifs is 2. The number of rotatable bonds is 7. The maximum Gasteiger partial charge on any atom is 0.308 e. The number of ether oxygens (including phenoxy) is 2. The molecule has 1 fully saturated rings. The minimum atomic E-state index is -0.773. The van der Waals surface area contributed by atoms with Crippen LogP contribution in [0.3, 0.4) is 0 Å². The predicted molar refractivity (Wildman–Crippen MR) is 165 cm³/mol. The molecule has 2 aliphatic heterocycles. The third-order valence-electron chi connectivity index (χ3n) is 7.28. The number of benzene rings is 3. The van der Waals surface area contributed by atoms with Crippen LogP contribution in [0.4, 0.5) is 11.4 Å². The van der Waals surface area contributed by atoms with E-state index in [4.69, 9.17) is 9.47 Å². The summed E-state index contributed by atoms with van der Waals surface area (Å²) in [5.74, 6) is -1.08. The Morgan fingerprint density at radius 2 is 1.50 bits per heavy atom. The van der Waals surface area contributed by atoms with E-state index in [1.807, 2.05) is 24.3 Å². The molecule has 0 unspecified atom stereocenters. The van der Waals surface area contributed by atoms with Crippen LogP contribution in [0.1, 0.15) is 16.4 Å². The molecule has 3 heterocycles. The van der Waals surface area contributed by atoms with E-state index in [1.54, 1.807) is 62.8 Å². The average molecular weight is 667 g/mol. The van der Waals surface area contributed by atoms with Gasteiger partial charge in [-0.05, 0) is 66.2 Å². The van der Waals surface area contributed by atoms with E-state index in [1.165, 1.54) is 21.2 Å². The molecular weight excluding hydrogens is 642 g/mol. The summed E-state index contributed by atoms with van der Waals surface area (Å²) in [5, 5.41) is 2.57. The van der Waals surface area contributed by atoms with Crippen molar-refractivity contribution < 1.29 is 23.9 Å². The Morgan fingerprint density at radius 1 is 0.881 bits per heavy atom. The molecule has 214 valence electrons. The second-order valence-electron chi connectivity index (χ2n) is 9.70. The van der Waals surface area contributed by atoms with E-state index >= 15 is 0 Å². The Bertz CT molecular complexity index is 1730. The molecule has 1 aromatic heterocycles.